The van der Waals surface area contributed by atoms with E-state index in [0.29, 0.717) is 17.6 Å². The molecular formula is C21H32O3. The fourth-order valence-corrected chi connectivity index (χ4v) is 7.22. The first-order valence-electron chi connectivity index (χ1n) is 9.84. The lowest BCUT2D eigenvalue weighted by Gasteiger charge is -2.58. The van der Waals surface area contributed by atoms with Crippen molar-refractivity contribution in [1.29, 1.82) is 0 Å². The molecule has 24 heavy (non-hydrogen) atoms. The molecule has 8 atom stereocenters. The normalized spacial score (nSPS) is 53.6. The Bertz CT molecular complexity index is 582. The second kappa shape index (κ2) is 5.41. The molecule has 0 amide bonds. The summed E-state index contributed by atoms with van der Waals surface area (Å²) in [6.45, 7) is 6.40. The van der Waals surface area contributed by atoms with Gasteiger partial charge in [-0.05, 0) is 80.5 Å². The maximum absolute atomic E-state index is 12.2. The maximum Gasteiger partial charge on any atom is 0.133 e. The van der Waals surface area contributed by atoms with Crippen LogP contribution in [0.25, 0.3) is 0 Å². The van der Waals surface area contributed by atoms with Gasteiger partial charge in [0.2, 0.25) is 0 Å². The van der Waals surface area contributed by atoms with E-state index >= 15 is 0 Å². The molecular weight excluding hydrogens is 300 g/mol. The predicted molar refractivity (Wildman–Crippen MR) is 93.3 cm³/mol. The van der Waals surface area contributed by atoms with Crippen molar-refractivity contribution in [3.05, 3.63) is 11.6 Å². The smallest absolute Gasteiger partial charge is 0.133 e. The molecule has 0 spiro atoms. The van der Waals surface area contributed by atoms with Crippen LogP contribution < -0.4 is 0 Å². The molecule has 3 fully saturated rings. The van der Waals surface area contributed by atoms with Crippen molar-refractivity contribution in [3.63, 3.8) is 0 Å². The number of aliphatic hydroxyl groups excluding tert-OH is 2. The van der Waals surface area contributed by atoms with E-state index in [1.807, 2.05) is 0 Å². The Kier molecular flexibility index (Phi) is 3.78. The molecule has 0 radical (unpaired) electrons. The van der Waals surface area contributed by atoms with Gasteiger partial charge in [-0.1, -0.05) is 25.5 Å². The van der Waals surface area contributed by atoms with Gasteiger partial charge >= 0.3 is 0 Å². The van der Waals surface area contributed by atoms with Gasteiger partial charge in [-0.15, -0.1) is 0 Å². The van der Waals surface area contributed by atoms with Gasteiger partial charge in [-0.3, -0.25) is 4.79 Å². The second-order valence-corrected chi connectivity index (χ2v) is 9.58. The van der Waals surface area contributed by atoms with Gasteiger partial charge in [0.1, 0.15) is 5.78 Å². The number of rotatable bonds is 1. The highest BCUT2D eigenvalue weighted by Crippen LogP contribution is 2.65. The molecule has 0 heterocycles. The van der Waals surface area contributed by atoms with E-state index in [2.05, 4.69) is 19.9 Å². The molecule has 0 aromatic rings. The third kappa shape index (κ3) is 2.13. The number of carbonyl (C=O) groups excluding carboxylic acids is 1. The van der Waals surface area contributed by atoms with Crippen LogP contribution in [0.2, 0.25) is 0 Å². The first kappa shape index (κ1) is 16.8. The van der Waals surface area contributed by atoms with Crippen LogP contribution in [-0.2, 0) is 4.79 Å². The first-order chi connectivity index (χ1) is 11.3. The van der Waals surface area contributed by atoms with E-state index in [0.717, 1.165) is 44.9 Å². The summed E-state index contributed by atoms with van der Waals surface area (Å²) < 4.78 is 0. The molecule has 3 saturated carbocycles. The number of aliphatic hydroxyl groups is 2. The van der Waals surface area contributed by atoms with Gasteiger partial charge in [-0.25, -0.2) is 0 Å². The molecule has 4 aliphatic rings. The van der Waals surface area contributed by atoms with Gasteiger partial charge in [0.25, 0.3) is 0 Å². The van der Waals surface area contributed by atoms with Crippen LogP contribution in [0.15, 0.2) is 11.6 Å². The summed E-state index contributed by atoms with van der Waals surface area (Å²) in [6, 6.07) is 0. The van der Waals surface area contributed by atoms with Crippen LogP contribution in [0.5, 0.6) is 0 Å². The standard InChI is InChI=1S/C21H32O3/c1-12(22)15-4-5-16-14-11-19(24)18-10-13(23)6-8-21(18,3)17(14)7-9-20(15,16)2/h7,13-16,18-19,23-24H,4-6,8-11H2,1-3H3. The minimum absolute atomic E-state index is 0.0389. The van der Waals surface area contributed by atoms with Crippen LogP contribution in [-0.4, -0.2) is 28.2 Å². The lowest BCUT2D eigenvalue weighted by molar-refractivity contribution is -0.125. The Morgan fingerprint density at radius 2 is 1.88 bits per heavy atom. The van der Waals surface area contributed by atoms with Crippen LogP contribution in [0.4, 0.5) is 0 Å². The average molecular weight is 332 g/mol. The number of hydrogen-bond acceptors (Lipinski definition) is 3. The minimum Gasteiger partial charge on any atom is -0.393 e. The van der Waals surface area contributed by atoms with Crippen molar-refractivity contribution in [1.82, 2.24) is 0 Å². The average Bonchev–Trinajstić information content (AvgIpc) is 2.87. The number of allylic oxidation sites excluding steroid dienone is 2. The molecule has 0 aliphatic heterocycles. The number of carbonyl (C=O) groups is 1. The molecule has 4 rings (SSSR count). The zero-order valence-corrected chi connectivity index (χ0v) is 15.3. The molecule has 2 N–H and O–H groups in total. The van der Waals surface area contributed by atoms with E-state index in [4.69, 9.17) is 0 Å². The fourth-order valence-electron chi connectivity index (χ4n) is 7.22. The van der Waals surface area contributed by atoms with E-state index in [9.17, 15) is 15.0 Å². The van der Waals surface area contributed by atoms with Crippen LogP contribution in [0.3, 0.4) is 0 Å². The largest absolute Gasteiger partial charge is 0.393 e. The molecule has 0 saturated heterocycles. The van der Waals surface area contributed by atoms with Crippen molar-refractivity contribution >= 4 is 5.78 Å². The summed E-state index contributed by atoms with van der Waals surface area (Å²) in [5, 5.41) is 21.0. The molecule has 4 aliphatic carbocycles. The van der Waals surface area contributed by atoms with E-state index in [1.54, 1.807) is 12.5 Å². The zero-order valence-electron chi connectivity index (χ0n) is 15.3. The number of hydrogen-bond donors (Lipinski definition) is 2. The second-order valence-electron chi connectivity index (χ2n) is 9.58. The molecule has 0 aromatic carbocycles. The topological polar surface area (TPSA) is 57.5 Å². The van der Waals surface area contributed by atoms with Gasteiger partial charge in [0, 0.05) is 5.92 Å². The highest BCUT2D eigenvalue weighted by Gasteiger charge is 2.59. The first-order valence-corrected chi connectivity index (χ1v) is 9.84. The third-order valence-corrected chi connectivity index (χ3v) is 8.51. The van der Waals surface area contributed by atoms with Crippen molar-refractivity contribution in [2.45, 2.75) is 77.9 Å². The summed E-state index contributed by atoms with van der Waals surface area (Å²) >= 11 is 0. The summed E-state index contributed by atoms with van der Waals surface area (Å²) in [4.78, 5) is 12.2. The van der Waals surface area contributed by atoms with Crippen molar-refractivity contribution in [3.8, 4) is 0 Å². The Morgan fingerprint density at radius 3 is 2.58 bits per heavy atom. The molecule has 0 bridgehead atoms. The number of ketones is 1. The monoisotopic (exact) mass is 332 g/mol. The maximum atomic E-state index is 12.2. The van der Waals surface area contributed by atoms with Crippen LogP contribution in [0, 0.1) is 34.5 Å². The van der Waals surface area contributed by atoms with Crippen LogP contribution >= 0.6 is 0 Å². The summed E-state index contributed by atoms with van der Waals surface area (Å²) in [5.41, 5.74) is 1.67. The summed E-state index contributed by atoms with van der Waals surface area (Å²) in [6.07, 6.45) is 8.42. The highest BCUT2D eigenvalue weighted by atomic mass is 16.3. The molecule has 3 nitrogen and oxygen atoms in total. The highest BCUT2D eigenvalue weighted by molar-refractivity contribution is 5.79. The number of fused-ring (bicyclic) bond motifs is 5. The van der Waals surface area contributed by atoms with Crippen LogP contribution in [0.1, 0.15) is 65.7 Å². The lowest BCUT2D eigenvalue weighted by Crippen LogP contribution is -2.53. The summed E-state index contributed by atoms with van der Waals surface area (Å²) in [7, 11) is 0. The minimum atomic E-state index is -0.314. The molecule has 0 aromatic heterocycles. The van der Waals surface area contributed by atoms with Crippen molar-refractivity contribution in [2.24, 2.45) is 34.5 Å². The Balaban J connectivity index is 1.72. The van der Waals surface area contributed by atoms with Gasteiger partial charge in [0.15, 0.2) is 0 Å². The van der Waals surface area contributed by atoms with E-state index in [1.165, 1.54) is 0 Å². The molecule has 8 unspecified atom stereocenters. The zero-order chi connectivity index (χ0) is 17.3. The Hall–Kier alpha value is -0.670. The molecule has 3 heteroatoms. The fraction of sp³-hybridized carbons (Fsp3) is 0.857. The Labute approximate surface area is 145 Å². The SMILES string of the molecule is CC(=O)C1CCC2C3CC(O)C4CC(O)CCC4(C)C3=CCC12C. The van der Waals surface area contributed by atoms with Gasteiger partial charge < -0.3 is 10.2 Å². The van der Waals surface area contributed by atoms with E-state index in [-0.39, 0.29) is 34.9 Å². The third-order valence-electron chi connectivity index (χ3n) is 8.51. The van der Waals surface area contributed by atoms with Gasteiger partial charge in [0.05, 0.1) is 12.2 Å². The van der Waals surface area contributed by atoms with Gasteiger partial charge in [-0.2, -0.15) is 0 Å². The number of Topliss-reactive ketones (excluding diaryl/α,β-unsaturated/α-hetero) is 1. The predicted octanol–water partition coefficient (Wildman–Crippen LogP) is 3.49. The summed E-state index contributed by atoms with van der Waals surface area (Å²) in [5.74, 6) is 1.69. The van der Waals surface area contributed by atoms with E-state index < -0.39 is 0 Å². The lowest BCUT2D eigenvalue weighted by atomic mass is 9.48. The quantitative estimate of drug-likeness (QED) is 0.723. The Morgan fingerprint density at radius 1 is 1.12 bits per heavy atom. The molecule has 134 valence electrons. The van der Waals surface area contributed by atoms with Crippen molar-refractivity contribution < 1.29 is 15.0 Å². The van der Waals surface area contributed by atoms with Crippen molar-refractivity contribution in [2.75, 3.05) is 0 Å².